The molecule has 0 atom stereocenters. The van der Waals surface area contributed by atoms with Gasteiger partial charge in [-0.15, -0.1) is 15.3 Å². The predicted octanol–water partition coefficient (Wildman–Crippen LogP) is 2.08. The third-order valence-electron chi connectivity index (χ3n) is 3.51. The van der Waals surface area contributed by atoms with E-state index in [2.05, 4.69) is 25.8 Å². The highest BCUT2D eigenvalue weighted by Crippen LogP contribution is 2.14. The fourth-order valence-corrected chi connectivity index (χ4v) is 2.33. The largest absolute Gasteiger partial charge is 0.369 e. The molecule has 0 saturated carbocycles. The fraction of sp³-hybridized carbons (Fsp3) is 0.429. The minimum absolute atomic E-state index is 0.758. The molecule has 0 fully saturated rings. The summed E-state index contributed by atoms with van der Waals surface area (Å²) in [4.78, 5) is 0. The number of hydrogen-bond acceptors (Lipinski definition) is 6. The van der Waals surface area contributed by atoms with E-state index < -0.39 is 0 Å². The van der Waals surface area contributed by atoms with Crippen LogP contribution in [0.2, 0.25) is 0 Å². The van der Waals surface area contributed by atoms with E-state index in [0.29, 0.717) is 0 Å². The topological polar surface area (TPSA) is 81.1 Å². The minimum atomic E-state index is 0.758. The molecular weight excluding hydrogens is 268 g/mol. The Morgan fingerprint density at radius 2 is 2.05 bits per heavy atom. The van der Waals surface area contributed by atoms with Crippen LogP contribution in [0.3, 0.4) is 0 Å². The fourth-order valence-electron chi connectivity index (χ4n) is 2.33. The molecule has 0 radical (unpaired) electrons. The van der Waals surface area contributed by atoms with Gasteiger partial charge in [0.05, 0.1) is 5.69 Å². The van der Waals surface area contributed by atoms with Crippen LogP contribution in [0.4, 0.5) is 5.82 Å². The molecule has 0 amide bonds. The molecule has 1 N–H and O–H groups in total. The third kappa shape index (κ3) is 2.72. The first-order valence-electron chi connectivity index (χ1n) is 7.00. The molecule has 0 bridgehead atoms. The smallest absolute Gasteiger partial charge is 0.178 e. The first kappa shape index (κ1) is 13.5. The zero-order valence-electron chi connectivity index (χ0n) is 12.4. The van der Waals surface area contributed by atoms with Crippen LogP contribution in [0.25, 0.3) is 5.65 Å². The van der Waals surface area contributed by atoms with Crippen LogP contribution in [-0.2, 0) is 6.42 Å². The highest BCUT2D eigenvalue weighted by Gasteiger charge is 2.08. The van der Waals surface area contributed by atoms with Gasteiger partial charge >= 0.3 is 0 Å². The molecule has 0 aliphatic carbocycles. The average Bonchev–Trinajstić information content (AvgIpc) is 3.00. The number of hydrogen-bond donors (Lipinski definition) is 1. The molecule has 3 heterocycles. The third-order valence-corrected chi connectivity index (χ3v) is 3.51. The van der Waals surface area contributed by atoms with Crippen molar-refractivity contribution < 1.29 is 4.52 Å². The molecule has 21 heavy (non-hydrogen) atoms. The number of rotatable bonds is 5. The van der Waals surface area contributed by atoms with E-state index in [4.69, 9.17) is 4.52 Å². The molecule has 7 heteroatoms. The maximum atomic E-state index is 5.16. The van der Waals surface area contributed by atoms with Crippen LogP contribution in [0.15, 0.2) is 16.7 Å². The number of aryl methyl sites for hydroxylation is 3. The van der Waals surface area contributed by atoms with E-state index in [0.717, 1.165) is 48.1 Å². The van der Waals surface area contributed by atoms with E-state index in [1.807, 2.05) is 32.9 Å². The number of nitrogens with one attached hydrogen (secondary N) is 1. The molecular formula is C14H18N6O. The normalized spacial score (nSPS) is 11.2. The lowest BCUT2D eigenvalue weighted by Gasteiger charge is -2.05. The van der Waals surface area contributed by atoms with Gasteiger partial charge in [-0.3, -0.25) is 0 Å². The van der Waals surface area contributed by atoms with Gasteiger partial charge in [-0.1, -0.05) is 5.16 Å². The zero-order valence-corrected chi connectivity index (χ0v) is 12.4. The minimum Gasteiger partial charge on any atom is -0.369 e. The summed E-state index contributed by atoms with van der Waals surface area (Å²) in [6, 6.07) is 3.82. The highest BCUT2D eigenvalue weighted by atomic mass is 16.5. The summed E-state index contributed by atoms with van der Waals surface area (Å²) in [5.41, 5.74) is 2.94. The van der Waals surface area contributed by atoms with Gasteiger partial charge in [-0.05, 0) is 45.7 Å². The van der Waals surface area contributed by atoms with Crippen molar-refractivity contribution in [1.82, 2.24) is 25.0 Å². The first-order chi connectivity index (χ1) is 10.1. The molecule has 3 aromatic rings. The van der Waals surface area contributed by atoms with Gasteiger partial charge in [0.15, 0.2) is 11.5 Å². The molecule has 0 aliphatic heterocycles. The Bertz CT molecular complexity index is 741. The molecule has 0 aromatic carbocycles. The second kappa shape index (κ2) is 5.51. The SMILES string of the molecule is Cc1noc(C)c1CCCNc1ccc2nnc(C)n2n1. The maximum absolute atomic E-state index is 5.16. The van der Waals surface area contributed by atoms with E-state index in [-0.39, 0.29) is 0 Å². The van der Waals surface area contributed by atoms with E-state index in [9.17, 15) is 0 Å². The zero-order chi connectivity index (χ0) is 14.8. The Morgan fingerprint density at radius 3 is 2.81 bits per heavy atom. The Morgan fingerprint density at radius 1 is 1.19 bits per heavy atom. The van der Waals surface area contributed by atoms with Crippen molar-refractivity contribution in [2.75, 3.05) is 11.9 Å². The van der Waals surface area contributed by atoms with Gasteiger partial charge in [0, 0.05) is 12.1 Å². The number of nitrogens with zero attached hydrogens (tertiary/aromatic N) is 5. The Balaban J connectivity index is 1.58. The van der Waals surface area contributed by atoms with Gasteiger partial charge in [0.25, 0.3) is 0 Å². The maximum Gasteiger partial charge on any atom is 0.178 e. The van der Waals surface area contributed by atoms with Crippen molar-refractivity contribution in [2.24, 2.45) is 0 Å². The van der Waals surface area contributed by atoms with Crippen LogP contribution in [-0.4, -0.2) is 31.5 Å². The van der Waals surface area contributed by atoms with Crippen molar-refractivity contribution in [3.8, 4) is 0 Å². The van der Waals surface area contributed by atoms with E-state index >= 15 is 0 Å². The van der Waals surface area contributed by atoms with Crippen molar-refractivity contribution in [3.63, 3.8) is 0 Å². The monoisotopic (exact) mass is 286 g/mol. The van der Waals surface area contributed by atoms with Gasteiger partial charge < -0.3 is 9.84 Å². The summed E-state index contributed by atoms with van der Waals surface area (Å²) in [5, 5.41) is 19.7. The predicted molar refractivity (Wildman–Crippen MR) is 78.3 cm³/mol. The molecule has 0 unspecified atom stereocenters. The molecule has 7 nitrogen and oxygen atoms in total. The van der Waals surface area contributed by atoms with E-state index in [1.54, 1.807) is 4.52 Å². The molecule has 3 aromatic heterocycles. The lowest BCUT2D eigenvalue weighted by atomic mass is 10.1. The van der Waals surface area contributed by atoms with E-state index in [1.165, 1.54) is 5.56 Å². The average molecular weight is 286 g/mol. The van der Waals surface area contributed by atoms with Crippen LogP contribution in [0, 0.1) is 20.8 Å². The van der Waals surface area contributed by atoms with Crippen LogP contribution < -0.4 is 5.32 Å². The lowest BCUT2D eigenvalue weighted by Crippen LogP contribution is -2.07. The van der Waals surface area contributed by atoms with Crippen LogP contribution >= 0.6 is 0 Å². The van der Waals surface area contributed by atoms with Gasteiger partial charge in [-0.25, -0.2) is 0 Å². The molecule has 110 valence electrons. The number of fused-ring (bicyclic) bond motifs is 1. The highest BCUT2D eigenvalue weighted by molar-refractivity contribution is 5.43. The van der Waals surface area contributed by atoms with Gasteiger partial charge in [-0.2, -0.15) is 4.52 Å². The quantitative estimate of drug-likeness (QED) is 0.723. The molecule has 3 rings (SSSR count). The molecule has 0 spiro atoms. The van der Waals surface area contributed by atoms with Crippen molar-refractivity contribution in [3.05, 3.63) is 35.0 Å². The van der Waals surface area contributed by atoms with Crippen LogP contribution in [0.1, 0.15) is 29.3 Å². The summed E-state index contributed by atoms with van der Waals surface area (Å²) in [6.45, 7) is 6.65. The second-order valence-electron chi connectivity index (χ2n) is 5.07. The Kier molecular flexibility index (Phi) is 3.55. The summed E-state index contributed by atoms with van der Waals surface area (Å²) in [5.74, 6) is 2.51. The number of anilines is 1. The van der Waals surface area contributed by atoms with Gasteiger partial charge in [0.2, 0.25) is 0 Å². The standard InChI is InChI=1S/C14H18N6O/c1-9-12(10(2)21-19-9)5-4-8-15-13-6-7-14-17-16-11(3)20(14)18-13/h6-7H,4-5,8H2,1-3H3,(H,15,18). The van der Waals surface area contributed by atoms with Crippen molar-refractivity contribution in [1.29, 1.82) is 0 Å². The summed E-state index contributed by atoms with van der Waals surface area (Å²) in [7, 11) is 0. The van der Waals surface area contributed by atoms with Crippen molar-refractivity contribution in [2.45, 2.75) is 33.6 Å². The lowest BCUT2D eigenvalue weighted by molar-refractivity contribution is 0.392. The molecule has 0 aliphatic rings. The summed E-state index contributed by atoms with van der Waals surface area (Å²) in [6.07, 6.45) is 1.94. The van der Waals surface area contributed by atoms with Crippen molar-refractivity contribution >= 4 is 11.5 Å². The Labute approximate surface area is 122 Å². The Hall–Kier alpha value is -2.44. The summed E-state index contributed by atoms with van der Waals surface area (Å²) >= 11 is 0. The first-order valence-corrected chi connectivity index (χ1v) is 7.00. The van der Waals surface area contributed by atoms with Gasteiger partial charge in [0.1, 0.15) is 11.6 Å². The number of aromatic nitrogens is 5. The van der Waals surface area contributed by atoms with Crippen LogP contribution in [0.5, 0.6) is 0 Å². The molecule has 0 saturated heterocycles. The summed E-state index contributed by atoms with van der Waals surface area (Å²) < 4.78 is 6.90. The second-order valence-corrected chi connectivity index (χ2v) is 5.07.